The van der Waals surface area contributed by atoms with Crippen LogP contribution in [0.15, 0.2) is 81.4 Å². The van der Waals surface area contributed by atoms with Gasteiger partial charge < -0.3 is 19.2 Å². The van der Waals surface area contributed by atoms with Crippen LogP contribution < -0.4 is 4.74 Å². The Balaban J connectivity index is 1.81. The quantitative estimate of drug-likeness (QED) is 0.267. The number of aliphatic hydroxyl groups excluding tert-OH is 1. The van der Waals surface area contributed by atoms with Crippen molar-refractivity contribution in [1.29, 1.82) is 0 Å². The van der Waals surface area contributed by atoms with Crippen molar-refractivity contribution in [2.75, 3.05) is 6.61 Å². The molecule has 4 rings (SSSR count). The summed E-state index contributed by atoms with van der Waals surface area (Å²) in [4.78, 5) is 27.5. The summed E-state index contributed by atoms with van der Waals surface area (Å²) in [5, 5.41) is 11.2. The lowest BCUT2D eigenvalue weighted by atomic mass is 9.95. The van der Waals surface area contributed by atoms with E-state index in [0.29, 0.717) is 29.2 Å². The van der Waals surface area contributed by atoms with Gasteiger partial charge in [-0.15, -0.1) is 0 Å². The number of ketones is 1. The summed E-state index contributed by atoms with van der Waals surface area (Å²) in [6.07, 6.45) is 2.36. The van der Waals surface area contributed by atoms with Crippen molar-refractivity contribution in [2.45, 2.75) is 25.9 Å². The number of aliphatic hydroxyl groups is 1. The van der Waals surface area contributed by atoms with Crippen LogP contribution in [0.3, 0.4) is 0 Å². The third-order valence-electron chi connectivity index (χ3n) is 5.21. The monoisotopic (exact) mass is 495 g/mol. The molecule has 1 aliphatic heterocycles. The van der Waals surface area contributed by atoms with E-state index in [9.17, 15) is 14.7 Å². The summed E-state index contributed by atoms with van der Waals surface area (Å²) in [5.74, 6) is -0.527. The smallest absolute Gasteiger partial charge is 0.296 e. The molecule has 32 heavy (non-hydrogen) atoms. The highest BCUT2D eigenvalue weighted by Gasteiger charge is 2.46. The van der Waals surface area contributed by atoms with Gasteiger partial charge in [0.15, 0.2) is 0 Å². The summed E-state index contributed by atoms with van der Waals surface area (Å²) in [5.41, 5.74) is 1.16. The predicted octanol–water partition coefficient (Wildman–Crippen LogP) is 5.45. The molecule has 0 saturated carbocycles. The van der Waals surface area contributed by atoms with Crippen LogP contribution in [0.25, 0.3) is 5.76 Å². The highest BCUT2D eigenvalue weighted by atomic mass is 79.9. The Labute approximate surface area is 194 Å². The summed E-state index contributed by atoms with van der Waals surface area (Å²) in [6, 6.07) is 16.9. The molecule has 3 aromatic rings. The summed E-state index contributed by atoms with van der Waals surface area (Å²) >= 11 is 3.41. The molecule has 0 aliphatic carbocycles. The Bertz CT molecular complexity index is 1150. The second-order valence-electron chi connectivity index (χ2n) is 7.43. The largest absolute Gasteiger partial charge is 0.507 e. The second kappa shape index (κ2) is 9.44. The van der Waals surface area contributed by atoms with E-state index in [1.54, 1.807) is 36.4 Å². The van der Waals surface area contributed by atoms with Gasteiger partial charge >= 0.3 is 0 Å². The molecule has 0 spiro atoms. The van der Waals surface area contributed by atoms with E-state index in [2.05, 4.69) is 15.9 Å². The SMILES string of the molecule is CCCOc1cccc(C(O)=C2C(=O)C(=O)N(Cc3ccco3)C2c2ccc(Br)cc2)c1. The normalized spacial score (nSPS) is 17.7. The maximum atomic E-state index is 13.1. The zero-order valence-corrected chi connectivity index (χ0v) is 19.0. The number of likely N-dealkylation sites (tertiary alicyclic amines) is 1. The van der Waals surface area contributed by atoms with Crippen LogP contribution in [0.2, 0.25) is 0 Å². The Morgan fingerprint density at radius 2 is 1.91 bits per heavy atom. The average Bonchev–Trinajstić information content (AvgIpc) is 3.40. The number of Topliss-reactive ketones (excluding diaryl/α,β-unsaturated/α-hetero) is 1. The molecule has 1 aromatic heterocycles. The molecular formula is C25H22BrNO5. The first-order valence-electron chi connectivity index (χ1n) is 10.3. The number of furan rings is 1. The number of hydrogen-bond donors (Lipinski definition) is 1. The molecular weight excluding hydrogens is 474 g/mol. The molecule has 164 valence electrons. The van der Waals surface area contributed by atoms with E-state index in [1.807, 2.05) is 31.2 Å². The number of benzene rings is 2. The number of rotatable bonds is 7. The van der Waals surface area contributed by atoms with E-state index < -0.39 is 17.7 Å². The number of ether oxygens (including phenoxy) is 1. The zero-order valence-electron chi connectivity index (χ0n) is 17.5. The first kappa shape index (κ1) is 21.9. The number of carbonyl (C=O) groups is 2. The van der Waals surface area contributed by atoms with E-state index in [0.717, 1.165) is 10.9 Å². The van der Waals surface area contributed by atoms with Crippen LogP contribution in [0.5, 0.6) is 5.75 Å². The van der Waals surface area contributed by atoms with Crippen molar-refractivity contribution in [3.05, 3.63) is 93.9 Å². The fraction of sp³-hybridized carbons (Fsp3) is 0.200. The zero-order chi connectivity index (χ0) is 22.7. The van der Waals surface area contributed by atoms with E-state index in [-0.39, 0.29) is 17.9 Å². The number of hydrogen-bond acceptors (Lipinski definition) is 5. The first-order valence-corrected chi connectivity index (χ1v) is 11.1. The van der Waals surface area contributed by atoms with E-state index in [4.69, 9.17) is 9.15 Å². The lowest BCUT2D eigenvalue weighted by Gasteiger charge is -2.24. The molecule has 7 heteroatoms. The molecule has 1 unspecified atom stereocenters. The Morgan fingerprint density at radius 1 is 1.12 bits per heavy atom. The maximum Gasteiger partial charge on any atom is 0.296 e. The van der Waals surface area contributed by atoms with Gasteiger partial charge in [0.05, 0.1) is 31.0 Å². The number of halogens is 1. The summed E-state index contributed by atoms with van der Waals surface area (Å²) in [7, 11) is 0. The van der Waals surface area contributed by atoms with Gasteiger partial charge in [-0.2, -0.15) is 0 Å². The Hall–Kier alpha value is -3.32. The Kier molecular flexibility index (Phi) is 6.46. The van der Waals surface area contributed by atoms with Crippen molar-refractivity contribution < 1.29 is 23.8 Å². The third kappa shape index (κ3) is 4.34. The van der Waals surface area contributed by atoms with Gasteiger partial charge in [0.25, 0.3) is 11.7 Å². The van der Waals surface area contributed by atoms with Crippen molar-refractivity contribution in [3.8, 4) is 5.75 Å². The number of amides is 1. The highest BCUT2D eigenvalue weighted by molar-refractivity contribution is 9.10. The van der Waals surface area contributed by atoms with Crippen LogP contribution in [-0.4, -0.2) is 28.3 Å². The topological polar surface area (TPSA) is 80.0 Å². The van der Waals surface area contributed by atoms with Gasteiger partial charge in [0.2, 0.25) is 0 Å². The molecule has 0 radical (unpaired) electrons. The van der Waals surface area contributed by atoms with Gasteiger partial charge in [-0.05, 0) is 48.4 Å². The summed E-state index contributed by atoms with van der Waals surface area (Å²) in [6.45, 7) is 2.65. The molecule has 2 heterocycles. The fourth-order valence-electron chi connectivity index (χ4n) is 3.71. The molecule has 1 aliphatic rings. The number of carbonyl (C=O) groups excluding carboxylic acids is 2. The maximum absolute atomic E-state index is 13.1. The van der Waals surface area contributed by atoms with Crippen molar-refractivity contribution in [1.82, 2.24) is 4.90 Å². The second-order valence-corrected chi connectivity index (χ2v) is 8.35. The molecule has 1 fully saturated rings. The van der Waals surface area contributed by atoms with Crippen LogP contribution in [0, 0.1) is 0 Å². The van der Waals surface area contributed by atoms with Crippen LogP contribution in [0.4, 0.5) is 0 Å². The minimum Gasteiger partial charge on any atom is -0.507 e. The van der Waals surface area contributed by atoms with Crippen molar-refractivity contribution >= 4 is 33.4 Å². The lowest BCUT2D eigenvalue weighted by Crippen LogP contribution is -2.29. The summed E-state index contributed by atoms with van der Waals surface area (Å²) < 4.78 is 11.9. The minimum atomic E-state index is -0.756. The van der Waals surface area contributed by atoms with Gasteiger partial charge in [-0.3, -0.25) is 9.59 Å². The first-order chi connectivity index (χ1) is 15.5. The average molecular weight is 496 g/mol. The van der Waals surface area contributed by atoms with Crippen molar-refractivity contribution in [2.24, 2.45) is 0 Å². The van der Waals surface area contributed by atoms with E-state index >= 15 is 0 Å². The molecule has 1 atom stereocenters. The molecule has 1 amide bonds. The van der Waals surface area contributed by atoms with Gasteiger partial charge in [0, 0.05) is 10.0 Å². The molecule has 0 bridgehead atoms. The highest BCUT2D eigenvalue weighted by Crippen LogP contribution is 2.40. The van der Waals surface area contributed by atoms with Crippen LogP contribution in [0.1, 0.15) is 36.3 Å². The molecule has 1 saturated heterocycles. The van der Waals surface area contributed by atoms with Gasteiger partial charge in [-0.1, -0.05) is 47.1 Å². The third-order valence-corrected chi connectivity index (χ3v) is 5.74. The standard InChI is InChI=1S/C25H22BrNO5/c1-2-12-31-19-6-3-5-17(14-19)23(28)21-22(16-8-10-18(26)11-9-16)27(25(30)24(21)29)15-20-7-4-13-32-20/h3-11,13-14,22,28H,2,12,15H2,1H3. The fourth-order valence-corrected chi connectivity index (χ4v) is 3.98. The minimum absolute atomic E-state index is 0.0384. The predicted molar refractivity (Wildman–Crippen MR) is 123 cm³/mol. The lowest BCUT2D eigenvalue weighted by molar-refractivity contribution is -0.140. The number of nitrogens with zero attached hydrogens (tertiary/aromatic N) is 1. The molecule has 6 nitrogen and oxygen atoms in total. The van der Waals surface area contributed by atoms with Crippen molar-refractivity contribution in [3.63, 3.8) is 0 Å². The van der Waals surface area contributed by atoms with E-state index in [1.165, 1.54) is 11.2 Å². The van der Waals surface area contributed by atoms with Gasteiger partial charge in [0.1, 0.15) is 17.3 Å². The molecule has 1 N–H and O–H groups in total. The Morgan fingerprint density at radius 3 is 2.59 bits per heavy atom. The molecule has 2 aromatic carbocycles. The van der Waals surface area contributed by atoms with Crippen LogP contribution in [-0.2, 0) is 16.1 Å². The van der Waals surface area contributed by atoms with Gasteiger partial charge in [-0.25, -0.2) is 0 Å². The van der Waals surface area contributed by atoms with Crippen LogP contribution >= 0.6 is 15.9 Å².